The van der Waals surface area contributed by atoms with E-state index in [0.29, 0.717) is 30.0 Å². The van der Waals surface area contributed by atoms with Gasteiger partial charge < -0.3 is 15.0 Å². The van der Waals surface area contributed by atoms with Gasteiger partial charge in [-0.1, -0.05) is 24.3 Å². The summed E-state index contributed by atoms with van der Waals surface area (Å²) in [5.41, 5.74) is 1.19. The lowest BCUT2D eigenvalue weighted by molar-refractivity contribution is -0.129. The molecule has 2 aromatic carbocycles. The molecular formula is C20H23FN2O3. The van der Waals surface area contributed by atoms with E-state index < -0.39 is 0 Å². The molecule has 0 aromatic heterocycles. The number of carbonyl (C=O) groups excluding carboxylic acids is 2. The molecule has 0 bridgehead atoms. The summed E-state index contributed by atoms with van der Waals surface area (Å²) in [5, 5.41) is 2.78. The highest BCUT2D eigenvalue weighted by Crippen LogP contribution is 2.17. The van der Waals surface area contributed by atoms with E-state index in [9.17, 15) is 14.0 Å². The number of halogens is 1. The van der Waals surface area contributed by atoms with Gasteiger partial charge in [0.1, 0.15) is 11.6 Å². The fourth-order valence-corrected chi connectivity index (χ4v) is 2.54. The summed E-state index contributed by atoms with van der Waals surface area (Å²) in [6, 6.07) is 13.5. The molecule has 0 aliphatic rings. The van der Waals surface area contributed by atoms with Gasteiger partial charge in [-0.15, -0.1) is 0 Å². The summed E-state index contributed by atoms with van der Waals surface area (Å²) in [7, 11) is 1.56. The third kappa shape index (κ3) is 5.88. The third-order valence-electron chi connectivity index (χ3n) is 4.02. The van der Waals surface area contributed by atoms with Crippen LogP contribution in [0.25, 0.3) is 0 Å². The highest BCUT2D eigenvalue weighted by Gasteiger charge is 2.12. The maximum atomic E-state index is 13.7. The van der Waals surface area contributed by atoms with E-state index in [0.717, 1.165) is 0 Å². The second-order valence-corrected chi connectivity index (χ2v) is 5.88. The van der Waals surface area contributed by atoms with Crippen LogP contribution in [0.3, 0.4) is 0 Å². The van der Waals surface area contributed by atoms with E-state index in [1.54, 1.807) is 54.5 Å². The largest absolute Gasteiger partial charge is 0.497 e. The Hall–Kier alpha value is -2.89. The van der Waals surface area contributed by atoms with E-state index in [1.807, 2.05) is 0 Å². The van der Waals surface area contributed by atoms with Crippen LogP contribution in [-0.2, 0) is 16.0 Å². The van der Waals surface area contributed by atoms with Crippen LogP contribution in [0.1, 0.15) is 18.9 Å². The van der Waals surface area contributed by atoms with Gasteiger partial charge in [0.05, 0.1) is 7.11 Å². The first-order valence-electron chi connectivity index (χ1n) is 8.42. The fourth-order valence-electron chi connectivity index (χ4n) is 2.54. The molecular weight excluding hydrogens is 335 g/mol. The summed E-state index contributed by atoms with van der Waals surface area (Å²) in [6.07, 6.45) is 0.567. The molecule has 0 aliphatic heterocycles. The molecule has 138 valence electrons. The zero-order valence-corrected chi connectivity index (χ0v) is 15.0. The number of anilines is 1. The number of nitrogens with zero attached hydrogens (tertiary/aromatic N) is 1. The van der Waals surface area contributed by atoms with Gasteiger partial charge in [0.2, 0.25) is 11.8 Å². The lowest BCUT2D eigenvalue weighted by Gasteiger charge is -2.21. The van der Waals surface area contributed by atoms with Crippen molar-refractivity contribution in [1.29, 1.82) is 0 Å². The van der Waals surface area contributed by atoms with Crippen molar-refractivity contribution in [3.05, 3.63) is 59.9 Å². The number of nitrogens with one attached hydrogen (secondary N) is 1. The number of rotatable bonds is 8. The van der Waals surface area contributed by atoms with Crippen molar-refractivity contribution in [2.75, 3.05) is 25.5 Å². The van der Waals surface area contributed by atoms with Gasteiger partial charge in [0, 0.05) is 38.2 Å². The van der Waals surface area contributed by atoms with Crippen LogP contribution in [-0.4, -0.2) is 36.9 Å². The van der Waals surface area contributed by atoms with Gasteiger partial charge in [0.15, 0.2) is 0 Å². The Morgan fingerprint density at radius 2 is 1.88 bits per heavy atom. The molecule has 0 saturated heterocycles. The highest BCUT2D eigenvalue weighted by molar-refractivity contribution is 5.91. The minimum atomic E-state index is -0.285. The lowest BCUT2D eigenvalue weighted by atomic mass is 10.1. The molecule has 0 heterocycles. The number of hydrogen-bond donors (Lipinski definition) is 1. The maximum absolute atomic E-state index is 13.7. The SMILES string of the molecule is COc1cccc(NC(=O)CCN(CCc2ccccc2F)C(C)=O)c1. The number of hydrogen-bond acceptors (Lipinski definition) is 3. The average Bonchev–Trinajstić information content (AvgIpc) is 2.62. The maximum Gasteiger partial charge on any atom is 0.226 e. The zero-order chi connectivity index (χ0) is 18.9. The van der Waals surface area contributed by atoms with Crippen molar-refractivity contribution >= 4 is 17.5 Å². The molecule has 0 saturated carbocycles. The Kier molecular flexibility index (Phi) is 7.14. The summed E-state index contributed by atoms with van der Waals surface area (Å²) in [6.45, 7) is 2.09. The lowest BCUT2D eigenvalue weighted by Crippen LogP contribution is -2.33. The molecule has 1 N–H and O–H groups in total. The minimum absolute atomic E-state index is 0.143. The summed E-state index contributed by atoms with van der Waals surface area (Å²) < 4.78 is 18.8. The summed E-state index contributed by atoms with van der Waals surface area (Å²) in [5.74, 6) is 0.0238. The van der Waals surface area contributed by atoms with E-state index in [4.69, 9.17) is 4.74 Å². The smallest absolute Gasteiger partial charge is 0.226 e. The average molecular weight is 358 g/mol. The van der Waals surface area contributed by atoms with E-state index >= 15 is 0 Å². The topological polar surface area (TPSA) is 58.6 Å². The number of amides is 2. The van der Waals surface area contributed by atoms with Crippen molar-refractivity contribution in [3.8, 4) is 5.75 Å². The Morgan fingerprint density at radius 1 is 1.12 bits per heavy atom. The van der Waals surface area contributed by atoms with Gasteiger partial charge in [-0.2, -0.15) is 0 Å². The molecule has 2 aromatic rings. The van der Waals surface area contributed by atoms with Crippen LogP contribution in [0, 0.1) is 5.82 Å². The monoisotopic (exact) mass is 358 g/mol. The molecule has 2 rings (SSSR count). The second kappa shape index (κ2) is 9.56. The van der Waals surface area contributed by atoms with Crippen molar-refractivity contribution in [2.24, 2.45) is 0 Å². The molecule has 0 unspecified atom stereocenters. The van der Waals surface area contributed by atoms with Crippen molar-refractivity contribution in [1.82, 2.24) is 4.90 Å². The van der Waals surface area contributed by atoms with Crippen LogP contribution in [0.5, 0.6) is 5.75 Å². The van der Waals surface area contributed by atoms with Gasteiger partial charge in [-0.25, -0.2) is 4.39 Å². The van der Waals surface area contributed by atoms with Crippen LogP contribution in [0.2, 0.25) is 0 Å². The normalized spacial score (nSPS) is 10.3. The van der Waals surface area contributed by atoms with Crippen LogP contribution in [0.4, 0.5) is 10.1 Å². The molecule has 26 heavy (non-hydrogen) atoms. The molecule has 0 atom stereocenters. The van der Waals surface area contributed by atoms with Gasteiger partial charge in [-0.3, -0.25) is 9.59 Å². The molecule has 6 heteroatoms. The minimum Gasteiger partial charge on any atom is -0.497 e. The van der Waals surface area contributed by atoms with E-state index in [-0.39, 0.29) is 30.6 Å². The molecule has 2 amide bonds. The standard InChI is InChI=1S/C20H23FN2O3/c1-15(24)23(12-10-16-6-3-4-9-19(16)21)13-11-20(25)22-17-7-5-8-18(14-17)26-2/h3-9,14H,10-13H2,1-2H3,(H,22,25). The first kappa shape index (κ1) is 19.4. The summed E-state index contributed by atoms with van der Waals surface area (Å²) in [4.78, 5) is 25.5. The fraction of sp³-hybridized carbons (Fsp3) is 0.300. The molecule has 5 nitrogen and oxygen atoms in total. The number of benzene rings is 2. The first-order valence-corrected chi connectivity index (χ1v) is 8.42. The van der Waals surface area contributed by atoms with Gasteiger partial charge in [-0.05, 0) is 30.2 Å². The summed E-state index contributed by atoms with van der Waals surface area (Å²) >= 11 is 0. The van der Waals surface area contributed by atoms with Crippen LogP contribution in [0.15, 0.2) is 48.5 Å². The molecule has 0 aliphatic carbocycles. The molecule has 0 radical (unpaired) electrons. The van der Waals surface area contributed by atoms with Crippen molar-refractivity contribution < 1.29 is 18.7 Å². The molecule has 0 spiro atoms. The Morgan fingerprint density at radius 3 is 2.58 bits per heavy atom. The highest BCUT2D eigenvalue weighted by atomic mass is 19.1. The Balaban J connectivity index is 1.86. The van der Waals surface area contributed by atoms with E-state index in [2.05, 4.69) is 5.32 Å². The predicted molar refractivity (Wildman–Crippen MR) is 98.6 cm³/mol. The first-order chi connectivity index (χ1) is 12.5. The number of methoxy groups -OCH3 is 1. The van der Waals surface area contributed by atoms with Crippen LogP contribution >= 0.6 is 0 Å². The van der Waals surface area contributed by atoms with Gasteiger partial charge in [0.25, 0.3) is 0 Å². The van der Waals surface area contributed by atoms with Crippen molar-refractivity contribution in [2.45, 2.75) is 19.8 Å². The second-order valence-electron chi connectivity index (χ2n) is 5.88. The number of carbonyl (C=O) groups is 2. The van der Waals surface area contributed by atoms with E-state index in [1.165, 1.54) is 13.0 Å². The Labute approximate surface area is 152 Å². The predicted octanol–water partition coefficient (Wildman–Crippen LogP) is 3.25. The third-order valence-corrected chi connectivity index (χ3v) is 4.02. The number of ether oxygens (including phenoxy) is 1. The quantitative estimate of drug-likeness (QED) is 0.788. The van der Waals surface area contributed by atoms with Gasteiger partial charge >= 0.3 is 0 Å². The zero-order valence-electron chi connectivity index (χ0n) is 15.0. The Bertz CT molecular complexity index is 764. The molecule has 0 fully saturated rings. The van der Waals surface area contributed by atoms with Crippen LogP contribution < -0.4 is 10.1 Å². The van der Waals surface area contributed by atoms with Crippen molar-refractivity contribution in [3.63, 3.8) is 0 Å².